The molecule has 0 aliphatic carbocycles. The second-order valence-electron chi connectivity index (χ2n) is 6.30. The van der Waals surface area contributed by atoms with Crippen LogP contribution >= 0.6 is 0 Å². The van der Waals surface area contributed by atoms with Gasteiger partial charge in [-0.3, -0.25) is 4.79 Å². The van der Waals surface area contributed by atoms with Gasteiger partial charge in [0.2, 0.25) is 5.91 Å². The van der Waals surface area contributed by atoms with Crippen LogP contribution in [0.4, 0.5) is 4.79 Å². The molecule has 0 spiro atoms. The number of hydrogen-bond acceptors (Lipinski definition) is 4. The molecule has 0 radical (unpaired) electrons. The number of alkyl carbamates (subject to hydrolysis) is 1. The Hall–Kier alpha value is -2.57. The molecule has 1 heterocycles. The number of para-hydroxylation sites is 2. The minimum Gasteiger partial charge on any atom is -0.453 e. The van der Waals surface area contributed by atoms with Crippen molar-refractivity contribution in [3.05, 3.63) is 30.1 Å². The number of nitrogens with zero attached hydrogens (tertiary/aromatic N) is 2. The van der Waals surface area contributed by atoms with Crippen molar-refractivity contribution in [2.24, 2.45) is 5.92 Å². The quantitative estimate of drug-likeness (QED) is 0.806. The van der Waals surface area contributed by atoms with Gasteiger partial charge in [0, 0.05) is 6.54 Å². The summed E-state index contributed by atoms with van der Waals surface area (Å²) in [6.45, 7) is 7.10. The van der Waals surface area contributed by atoms with Crippen molar-refractivity contribution in [3.8, 4) is 0 Å². The summed E-state index contributed by atoms with van der Waals surface area (Å²) in [6, 6.07) is 7.24. The first-order chi connectivity index (χ1) is 12.0. The van der Waals surface area contributed by atoms with Gasteiger partial charge >= 0.3 is 6.09 Å². The molecule has 2 aromatic rings. The predicted octanol–water partition coefficient (Wildman–Crippen LogP) is 2.44. The average Bonchev–Trinajstić information content (AvgIpc) is 2.95. The number of aromatic nitrogens is 2. The van der Waals surface area contributed by atoms with E-state index in [-0.39, 0.29) is 11.8 Å². The third-order valence-electron chi connectivity index (χ3n) is 3.97. The van der Waals surface area contributed by atoms with Crippen molar-refractivity contribution in [1.82, 2.24) is 20.2 Å². The molecule has 1 aromatic carbocycles. The summed E-state index contributed by atoms with van der Waals surface area (Å²) in [6.07, 6.45) is -0.0768. The minimum atomic E-state index is -0.632. The van der Waals surface area contributed by atoms with E-state index in [9.17, 15) is 9.59 Å². The zero-order valence-electron chi connectivity index (χ0n) is 15.2. The lowest BCUT2D eigenvalue weighted by atomic mass is 10.0. The normalized spacial score (nSPS) is 12.2. The predicted molar refractivity (Wildman–Crippen MR) is 96.0 cm³/mol. The maximum atomic E-state index is 12.5. The molecule has 0 unspecified atom stereocenters. The fraction of sp³-hybridized carbons (Fsp3) is 0.500. The fourth-order valence-corrected chi connectivity index (χ4v) is 2.81. The molecule has 0 saturated heterocycles. The van der Waals surface area contributed by atoms with Gasteiger partial charge in [-0.1, -0.05) is 26.0 Å². The molecule has 7 heteroatoms. The molecule has 0 saturated carbocycles. The van der Waals surface area contributed by atoms with Crippen molar-refractivity contribution < 1.29 is 14.3 Å². The third-order valence-corrected chi connectivity index (χ3v) is 3.97. The Kier molecular flexibility index (Phi) is 6.38. The highest BCUT2D eigenvalue weighted by molar-refractivity contribution is 5.85. The molecule has 0 bridgehead atoms. The van der Waals surface area contributed by atoms with Crippen LogP contribution in [0.25, 0.3) is 11.0 Å². The van der Waals surface area contributed by atoms with Crippen LogP contribution in [0.15, 0.2) is 24.3 Å². The van der Waals surface area contributed by atoms with Crippen LogP contribution in [-0.2, 0) is 22.6 Å². The second-order valence-corrected chi connectivity index (χ2v) is 6.30. The van der Waals surface area contributed by atoms with E-state index in [1.54, 1.807) is 0 Å². The molecular weight excluding hydrogens is 320 g/mol. The Morgan fingerprint density at radius 1 is 1.28 bits per heavy atom. The first-order valence-electron chi connectivity index (χ1n) is 8.52. The molecular formula is C18H26N4O3. The summed E-state index contributed by atoms with van der Waals surface area (Å²) in [7, 11) is 1.28. The lowest BCUT2D eigenvalue weighted by Gasteiger charge is -2.19. The molecule has 7 nitrogen and oxygen atoms in total. The van der Waals surface area contributed by atoms with Gasteiger partial charge in [0.05, 0.1) is 24.7 Å². The highest BCUT2D eigenvalue weighted by Gasteiger charge is 2.22. The topological polar surface area (TPSA) is 85.2 Å². The maximum absolute atomic E-state index is 12.5. The number of nitrogens with one attached hydrogen (secondary N) is 2. The average molecular weight is 346 g/mol. The van der Waals surface area contributed by atoms with Gasteiger partial charge < -0.3 is 19.9 Å². The number of benzene rings is 1. The zero-order valence-corrected chi connectivity index (χ0v) is 15.2. The third kappa shape index (κ3) is 4.71. The van der Waals surface area contributed by atoms with E-state index < -0.39 is 12.1 Å². The van der Waals surface area contributed by atoms with E-state index in [1.165, 1.54) is 7.11 Å². The van der Waals surface area contributed by atoms with E-state index >= 15 is 0 Å². The van der Waals surface area contributed by atoms with Gasteiger partial charge in [0.15, 0.2) is 0 Å². The number of aryl methyl sites for hydroxylation is 1. The van der Waals surface area contributed by atoms with Gasteiger partial charge in [-0.05, 0) is 31.4 Å². The number of carbonyl (C=O) groups is 2. The van der Waals surface area contributed by atoms with Gasteiger partial charge in [0.25, 0.3) is 0 Å². The summed E-state index contributed by atoms with van der Waals surface area (Å²) >= 11 is 0. The van der Waals surface area contributed by atoms with E-state index in [0.717, 1.165) is 23.4 Å². The highest BCUT2D eigenvalue weighted by Crippen LogP contribution is 2.16. The largest absolute Gasteiger partial charge is 0.453 e. The second kappa shape index (κ2) is 8.50. The monoisotopic (exact) mass is 346 g/mol. The van der Waals surface area contributed by atoms with Crippen LogP contribution < -0.4 is 10.6 Å². The van der Waals surface area contributed by atoms with Gasteiger partial charge in [0.1, 0.15) is 11.9 Å². The standard InChI is InChI=1S/C18H26N4O3/c1-5-22-15-9-7-6-8-13(15)20-16(22)11-19-17(23)14(10-12(2)3)21-18(24)25-4/h6-9,12,14H,5,10-11H2,1-4H3,(H,19,23)(H,21,24)/t14-/m1/s1. The number of methoxy groups -OCH3 is 1. The molecule has 0 aliphatic heterocycles. The van der Waals surface area contributed by atoms with Crippen LogP contribution in [0.3, 0.4) is 0 Å². The van der Waals surface area contributed by atoms with Crippen LogP contribution in [0, 0.1) is 5.92 Å². The van der Waals surface area contributed by atoms with Crippen molar-refractivity contribution in [2.75, 3.05) is 7.11 Å². The minimum absolute atomic E-state index is 0.242. The summed E-state index contributed by atoms with van der Waals surface area (Å²) in [5.74, 6) is 0.806. The fourth-order valence-electron chi connectivity index (χ4n) is 2.81. The Morgan fingerprint density at radius 2 is 2.00 bits per heavy atom. The Bertz CT molecular complexity index is 739. The van der Waals surface area contributed by atoms with Crippen LogP contribution in [0.5, 0.6) is 0 Å². The number of ether oxygens (including phenoxy) is 1. The molecule has 136 valence electrons. The number of amides is 2. The van der Waals surface area contributed by atoms with E-state index in [2.05, 4.69) is 24.9 Å². The van der Waals surface area contributed by atoms with Gasteiger partial charge in [-0.2, -0.15) is 0 Å². The lowest BCUT2D eigenvalue weighted by molar-refractivity contribution is -0.123. The summed E-state index contributed by atoms with van der Waals surface area (Å²) < 4.78 is 6.68. The number of hydrogen-bond donors (Lipinski definition) is 2. The lowest BCUT2D eigenvalue weighted by Crippen LogP contribution is -2.47. The maximum Gasteiger partial charge on any atom is 0.407 e. The van der Waals surface area contributed by atoms with Crippen molar-refractivity contribution in [2.45, 2.75) is 46.3 Å². The Morgan fingerprint density at radius 3 is 2.64 bits per heavy atom. The van der Waals surface area contributed by atoms with Crippen molar-refractivity contribution in [3.63, 3.8) is 0 Å². The molecule has 1 aromatic heterocycles. The molecule has 0 aliphatic rings. The number of fused-ring (bicyclic) bond motifs is 1. The van der Waals surface area contributed by atoms with Crippen molar-refractivity contribution >= 4 is 23.0 Å². The van der Waals surface area contributed by atoms with Crippen LogP contribution in [0.1, 0.15) is 33.0 Å². The Labute approximate surface area is 147 Å². The molecule has 2 amide bonds. The zero-order chi connectivity index (χ0) is 18.4. The summed E-state index contributed by atoms with van der Waals surface area (Å²) in [5, 5.41) is 5.47. The van der Waals surface area contributed by atoms with Crippen LogP contribution in [0.2, 0.25) is 0 Å². The number of imidazole rings is 1. The Balaban J connectivity index is 2.10. The van der Waals surface area contributed by atoms with Gasteiger partial charge in [-0.25, -0.2) is 9.78 Å². The summed E-state index contributed by atoms with van der Waals surface area (Å²) in [4.78, 5) is 28.6. The molecule has 0 fully saturated rings. The van der Waals surface area contributed by atoms with Crippen LogP contribution in [-0.4, -0.2) is 34.7 Å². The van der Waals surface area contributed by atoms with E-state index in [0.29, 0.717) is 13.0 Å². The molecule has 25 heavy (non-hydrogen) atoms. The first kappa shape index (κ1) is 18.8. The summed E-state index contributed by atoms with van der Waals surface area (Å²) in [5.41, 5.74) is 1.95. The number of carbonyl (C=O) groups excluding carboxylic acids is 2. The number of rotatable bonds is 7. The van der Waals surface area contributed by atoms with E-state index in [1.807, 2.05) is 45.0 Å². The SMILES string of the molecule is CCn1c(CNC(=O)[C@@H](CC(C)C)NC(=O)OC)nc2ccccc21. The van der Waals surface area contributed by atoms with E-state index in [4.69, 9.17) is 0 Å². The molecule has 1 atom stereocenters. The van der Waals surface area contributed by atoms with Gasteiger partial charge in [-0.15, -0.1) is 0 Å². The van der Waals surface area contributed by atoms with Crippen molar-refractivity contribution in [1.29, 1.82) is 0 Å². The molecule has 2 N–H and O–H groups in total. The first-order valence-corrected chi connectivity index (χ1v) is 8.52. The smallest absolute Gasteiger partial charge is 0.407 e. The highest BCUT2D eigenvalue weighted by atomic mass is 16.5. The molecule has 2 rings (SSSR count).